The SMILES string of the molecule is C[C@H]1CC(=O)Nc2ccccc2N1C(=O)COC(=O)COc1ccccc1. The molecule has 0 radical (unpaired) electrons. The van der Waals surface area contributed by atoms with E-state index in [0.29, 0.717) is 17.1 Å². The number of rotatable bonds is 5. The van der Waals surface area contributed by atoms with E-state index in [4.69, 9.17) is 9.47 Å². The van der Waals surface area contributed by atoms with Crippen molar-refractivity contribution in [1.82, 2.24) is 0 Å². The number of hydrogen-bond acceptors (Lipinski definition) is 5. The Morgan fingerprint density at radius 2 is 1.78 bits per heavy atom. The standard InChI is InChI=1S/C20H20N2O5/c1-14-11-18(23)21-16-9-5-6-10-17(16)22(14)19(24)12-27-20(25)13-26-15-7-3-2-4-8-15/h2-10,14H,11-13H2,1H3,(H,21,23)/t14-/m0/s1. The number of para-hydroxylation sites is 3. The van der Waals surface area contributed by atoms with Crippen LogP contribution in [-0.2, 0) is 19.1 Å². The van der Waals surface area contributed by atoms with Crippen LogP contribution in [0.3, 0.4) is 0 Å². The van der Waals surface area contributed by atoms with Gasteiger partial charge in [0.05, 0.1) is 11.4 Å². The summed E-state index contributed by atoms with van der Waals surface area (Å²) in [7, 11) is 0. The summed E-state index contributed by atoms with van der Waals surface area (Å²) in [5, 5.41) is 2.78. The van der Waals surface area contributed by atoms with E-state index in [1.807, 2.05) is 6.07 Å². The zero-order valence-corrected chi connectivity index (χ0v) is 14.9. The maximum atomic E-state index is 12.7. The van der Waals surface area contributed by atoms with Crippen LogP contribution < -0.4 is 15.0 Å². The number of fused-ring (bicyclic) bond motifs is 1. The van der Waals surface area contributed by atoms with E-state index < -0.39 is 18.5 Å². The lowest BCUT2D eigenvalue weighted by Crippen LogP contribution is -2.41. The number of hydrogen-bond donors (Lipinski definition) is 1. The summed E-state index contributed by atoms with van der Waals surface area (Å²) in [6, 6.07) is 15.5. The van der Waals surface area contributed by atoms with Crippen LogP contribution in [0.5, 0.6) is 5.75 Å². The Balaban J connectivity index is 1.61. The highest BCUT2D eigenvalue weighted by Crippen LogP contribution is 2.31. The molecule has 140 valence electrons. The van der Waals surface area contributed by atoms with Gasteiger partial charge in [-0.3, -0.25) is 9.59 Å². The summed E-state index contributed by atoms with van der Waals surface area (Å²) in [5.74, 6) is -0.671. The molecule has 3 rings (SSSR count). The molecule has 7 nitrogen and oxygen atoms in total. The molecule has 2 aromatic rings. The molecular formula is C20H20N2O5. The van der Waals surface area contributed by atoms with E-state index in [-0.39, 0.29) is 25.0 Å². The smallest absolute Gasteiger partial charge is 0.344 e. The van der Waals surface area contributed by atoms with Gasteiger partial charge in [-0.1, -0.05) is 30.3 Å². The predicted molar refractivity (Wildman–Crippen MR) is 99.5 cm³/mol. The second-order valence-electron chi connectivity index (χ2n) is 6.14. The van der Waals surface area contributed by atoms with Crippen LogP contribution in [0.25, 0.3) is 0 Å². The highest BCUT2D eigenvalue weighted by molar-refractivity contribution is 6.05. The van der Waals surface area contributed by atoms with Crippen molar-refractivity contribution in [1.29, 1.82) is 0 Å². The number of nitrogens with zero attached hydrogens (tertiary/aromatic N) is 1. The molecule has 0 fully saturated rings. The van der Waals surface area contributed by atoms with E-state index >= 15 is 0 Å². The van der Waals surface area contributed by atoms with Gasteiger partial charge in [-0.25, -0.2) is 4.79 Å². The Morgan fingerprint density at radius 1 is 1.07 bits per heavy atom. The molecule has 1 heterocycles. The number of esters is 1. The third kappa shape index (κ3) is 4.63. The summed E-state index contributed by atoms with van der Waals surface area (Å²) in [6.45, 7) is 1.06. The molecule has 7 heteroatoms. The molecule has 1 aliphatic heterocycles. The summed E-state index contributed by atoms with van der Waals surface area (Å²) in [4.78, 5) is 38.0. The molecular weight excluding hydrogens is 348 g/mol. The lowest BCUT2D eigenvalue weighted by molar-refractivity contribution is -0.149. The third-order valence-corrected chi connectivity index (χ3v) is 4.08. The number of ether oxygens (including phenoxy) is 2. The summed E-state index contributed by atoms with van der Waals surface area (Å²) in [6.07, 6.45) is 0.158. The number of nitrogens with one attached hydrogen (secondary N) is 1. The Hall–Kier alpha value is -3.35. The maximum Gasteiger partial charge on any atom is 0.344 e. The first-order valence-corrected chi connectivity index (χ1v) is 8.59. The zero-order valence-electron chi connectivity index (χ0n) is 14.9. The molecule has 1 atom stereocenters. The van der Waals surface area contributed by atoms with Crippen molar-refractivity contribution in [3.63, 3.8) is 0 Å². The number of benzene rings is 2. The van der Waals surface area contributed by atoms with E-state index in [9.17, 15) is 14.4 Å². The molecule has 0 aromatic heterocycles. The molecule has 0 bridgehead atoms. The van der Waals surface area contributed by atoms with Crippen LogP contribution in [0.15, 0.2) is 54.6 Å². The van der Waals surface area contributed by atoms with Crippen molar-refractivity contribution in [2.45, 2.75) is 19.4 Å². The largest absolute Gasteiger partial charge is 0.482 e. The van der Waals surface area contributed by atoms with Crippen LogP contribution in [0.1, 0.15) is 13.3 Å². The molecule has 0 spiro atoms. The van der Waals surface area contributed by atoms with Crippen molar-refractivity contribution in [3.05, 3.63) is 54.6 Å². The Labute approximate surface area is 156 Å². The first-order chi connectivity index (χ1) is 13.0. The molecule has 0 saturated heterocycles. The topological polar surface area (TPSA) is 84.9 Å². The molecule has 27 heavy (non-hydrogen) atoms. The van der Waals surface area contributed by atoms with Gasteiger partial charge in [-0.2, -0.15) is 0 Å². The fourth-order valence-corrected chi connectivity index (χ4v) is 2.88. The van der Waals surface area contributed by atoms with E-state index in [2.05, 4.69) is 5.32 Å². The van der Waals surface area contributed by atoms with E-state index in [1.54, 1.807) is 55.5 Å². The minimum atomic E-state index is -0.642. The van der Waals surface area contributed by atoms with Crippen LogP contribution >= 0.6 is 0 Å². The van der Waals surface area contributed by atoms with Gasteiger partial charge in [-0.05, 0) is 31.2 Å². The second kappa shape index (κ2) is 8.35. The van der Waals surface area contributed by atoms with Gasteiger partial charge in [0.15, 0.2) is 13.2 Å². The Morgan fingerprint density at radius 3 is 2.56 bits per heavy atom. The lowest BCUT2D eigenvalue weighted by Gasteiger charge is -2.27. The molecule has 0 unspecified atom stereocenters. The van der Waals surface area contributed by atoms with Gasteiger partial charge < -0.3 is 19.7 Å². The number of carbonyl (C=O) groups is 3. The Kier molecular flexibility index (Phi) is 5.71. The fraction of sp³-hybridized carbons (Fsp3) is 0.250. The average Bonchev–Trinajstić information content (AvgIpc) is 2.79. The van der Waals surface area contributed by atoms with Crippen LogP contribution in [0, 0.1) is 0 Å². The number of amides is 2. The first-order valence-electron chi connectivity index (χ1n) is 8.59. The van der Waals surface area contributed by atoms with Gasteiger partial charge in [0.2, 0.25) is 5.91 Å². The monoisotopic (exact) mass is 368 g/mol. The molecule has 0 saturated carbocycles. The van der Waals surface area contributed by atoms with Crippen molar-refractivity contribution >= 4 is 29.2 Å². The first kappa shape index (κ1) is 18.4. The second-order valence-corrected chi connectivity index (χ2v) is 6.14. The number of anilines is 2. The van der Waals surface area contributed by atoms with Crippen molar-refractivity contribution in [3.8, 4) is 5.75 Å². The quantitative estimate of drug-likeness (QED) is 0.819. The predicted octanol–water partition coefficient (Wildman–Crippen LogP) is 2.37. The molecule has 0 aliphatic carbocycles. The van der Waals surface area contributed by atoms with Crippen molar-refractivity contribution in [2.75, 3.05) is 23.4 Å². The zero-order chi connectivity index (χ0) is 19.2. The molecule has 1 N–H and O–H groups in total. The summed E-state index contributed by atoms with van der Waals surface area (Å²) in [5.41, 5.74) is 1.14. The van der Waals surface area contributed by atoms with Crippen molar-refractivity contribution in [2.24, 2.45) is 0 Å². The Bertz CT molecular complexity index is 837. The highest BCUT2D eigenvalue weighted by atomic mass is 16.6. The van der Waals surface area contributed by atoms with Gasteiger partial charge in [-0.15, -0.1) is 0 Å². The normalized spacial score (nSPS) is 16.0. The van der Waals surface area contributed by atoms with Crippen molar-refractivity contribution < 1.29 is 23.9 Å². The van der Waals surface area contributed by atoms with Gasteiger partial charge in [0.25, 0.3) is 5.91 Å². The summed E-state index contributed by atoms with van der Waals surface area (Å²) >= 11 is 0. The van der Waals surface area contributed by atoms with Gasteiger partial charge in [0.1, 0.15) is 5.75 Å². The van der Waals surface area contributed by atoms with E-state index in [1.165, 1.54) is 4.90 Å². The van der Waals surface area contributed by atoms with Gasteiger partial charge >= 0.3 is 5.97 Å². The minimum absolute atomic E-state index is 0.158. The van der Waals surface area contributed by atoms with Crippen LogP contribution in [0.2, 0.25) is 0 Å². The van der Waals surface area contributed by atoms with Gasteiger partial charge in [0, 0.05) is 12.5 Å². The molecule has 2 amide bonds. The number of carbonyl (C=O) groups excluding carboxylic acids is 3. The lowest BCUT2D eigenvalue weighted by atomic mass is 10.1. The summed E-state index contributed by atoms with van der Waals surface area (Å²) < 4.78 is 10.4. The molecule has 1 aliphatic rings. The molecule has 2 aromatic carbocycles. The van der Waals surface area contributed by atoms with Crippen LogP contribution in [0.4, 0.5) is 11.4 Å². The minimum Gasteiger partial charge on any atom is -0.482 e. The highest BCUT2D eigenvalue weighted by Gasteiger charge is 2.30. The fourth-order valence-electron chi connectivity index (χ4n) is 2.88. The van der Waals surface area contributed by atoms with E-state index in [0.717, 1.165) is 0 Å². The maximum absolute atomic E-state index is 12.7. The average molecular weight is 368 g/mol. The third-order valence-electron chi connectivity index (χ3n) is 4.08. The van der Waals surface area contributed by atoms with Crippen LogP contribution in [-0.4, -0.2) is 37.0 Å².